The van der Waals surface area contributed by atoms with Gasteiger partial charge in [-0.1, -0.05) is 0 Å². The number of hydrogen-bond donors (Lipinski definition) is 1. The summed E-state index contributed by atoms with van der Waals surface area (Å²) in [5.74, 6) is 0.595. The van der Waals surface area contributed by atoms with Crippen LogP contribution in [0.5, 0.6) is 17.2 Å². The van der Waals surface area contributed by atoms with E-state index in [1.165, 1.54) is 26.4 Å². The quantitative estimate of drug-likeness (QED) is 0.671. The van der Waals surface area contributed by atoms with Gasteiger partial charge >= 0.3 is 20.4 Å². The van der Waals surface area contributed by atoms with Gasteiger partial charge in [-0.2, -0.15) is 0 Å². The minimum atomic E-state index is -0.147. The first kappa shape index (κ1) is 13.0. The van der Waals surface area contributed by atoms with E-state index >= 15 is 0 Å². The van der Waals surface area contributed by atoms with Crippen molar-refractivity contribution in [1.29, 1.82) is 0 Å². The summed E-state index contributed by atoms with van der Waals surface area (Å²) < 4.78 is 9.77. The SMILES string of the molecule is COc1cc(O)c(C=O)c(OC)c1.[Pd+2]. The maximum atomic E-state index is 10.5. The van der Waals surface area contributed by atoms with E-state index in [-0.39, 0.29) is 31.7 Å². The van der Waals surface area contributed by atoms with Crippen LogP contribution in [-0.2, 0) is 20.4 Å². The Labute approximate surface area is 95.5 Å². The molecule has 0 spiro atoms. The van der Waals surface area contributed by atoms with Crippen molar-refractivity contribution in [1.82, 2.24) is 0 Å². The zero-order valence-corrected chi connectivity index (χ0v) is 9.27. The summed E-state index contributed by atoms with van der Waals surface area (Å²) in [5.41, 5.74) is 0.128. The molecule has 0 bridgehead atoms. The van der Waals surface area contributed by atoms with Crippen molar-refractivity contribution >= 4 is 6.29 Å². The summed E-state index contributed by atoms with van der Waals surface area (Å²) in [6.45, 7) is 0. The van der Waals surface area contributed by atoms with Gasteiger partial charge in [0.05, 0.1) is 19.8 Å². The Hall–Kier alpha value is -1.05. The van der Waals surface area contributed by atoms with Gasteiger partial charge in [0.1, 0.15) is 17.2 Å². The third kappa shape index (κ3) is 2.47. The Balaban J connectivity index is 0.00000169. The number of aldehydes is 1. The van der Waals surface area contributed by atoms with Crippen molar-refractivity contribution in [2.45, 2.75) is 0 Å². The molecule has 0 radical (unpaired) electrons. The first-order valence-corrected chi connectivity index (χ1v) is 3.63. The Morgan fingerprint density at radius 3 is 2.36 bits per heavy atom. The van der Waals surface area contributed by atoms with Gasteiger partial charge in [0.25, 0.3) is 0 Å². The van der Waals surface area contributed by atoms with Gasteiger partial charge in [-0.25, -0.2) is 0 Å². The first-order valence-electron chi connectivity index (χ1n) is 3.63. The predicted molar refractivity (Wildman–Crippen MR) is 46.6 cm³/mol. The third-order valence-corrected chi connectivity index (χ3v) is 1.67. The molecular formula is C9H10O4Pd+2. The molecule has 1 N–H and O–H groups in total. The molecule has 1 rings (SSSR count). The number of rotatable bonds is 3. The molecule has 0 amide bonds. The maximum Gasteiger partial charge on any atom is 2.00 e. The molecule has 0 aliphatic heterocycles. The van der Waals surface area contributed by atoms with Gasteiger partial charge in [0.15, 0.2) is 6.29 Å². The number of aromatic hydroxyl groups is 1. The molecule has 0 aliphatic carbocycles. The second-order valence-electron chi connectivity index (χ2n) is 2.38. The van der Waals surface area contributed by atoms with Gasteiger partial charge in [-0.05, 0) is 0 Å². The number of benzene rings is 1. The van der Waals surface area contributed by atoms with E-state index < -0.39 is 0 Å². The summed E-state index contributed by atoms with van der Waals surface area (Å²) in [6, 6.07) is 2.88. The number of ether oxygens (including phenoxy) is 2. The fourth-order valence-corrected chi connectivity index (χ4v) is 0.993. The minimum absolute atomic E-state index is 0. The van der Waals surface area contributed by atoms with Crippen LogP contribution >= 0.6 is 0 Å². The van der Waals surface area contributed by atoms with Crippen molar-refractivity contribution < 1.29 is 39.8 Å². The molecule has 0 atom stereocenters. The van der Waals surface area contributed by atoms with Gasteiger partial charge in [-0.3, -0.25) is 4.79 Å². The fraction of sp³-hybridized carbons (Fsp3) is 0.222. The third-order valence-electron chi connectivity index (χ3n) is 1.67. The molecule has 5 heteroatoms. The number of carbonyl (C=O) groups is 1. The van der Waals surface area contributed by atoms with Gasteiger partial charge in [0, 0.05) is 12.1 Å². The van der Waals surface area contributed by atoms with Crippen molar-refractivity contribution in [3.05, 3.63) is 17.7 Å². The number of carbonyl (C=O) groups excluding carboxylic acids is 1. The smallest absolute Gasteiger partial charge is 0.507 e. The molecule has 4 nitrogen and oxygen atoms in total. The molecule has 78 valence electrons. The molecular weight excluding hydrogens is 279 g/mol. The Morgan fingerprint density at radius 1 is 1.29 bits per heavy atom. The standard InChI is InChI=1S/C9H10O4.Pd/c1-12-6-3-8(11)7(5-10)9(4-6)13-2;/h3-5,11H,1-2H3;/q;+2. The van der Waals surface area contributed by atoms with Gasteiger partial charge < -0.3 is 14.6 Å². The second kappa shape index (κ2) is 5.63. The molecule has 0 saturated heterocycles. The van der Waals surface area contributed by atoms with Crippen LogP contribution in [0.25, 0.3) is 0 Å². The molecule has 0 aliphatic rings. The van der Waals surface area contributed by atoms with Gasteiger partial charge in [-0.15, -0.1) is 0 Å². The predicted octanol–water partition coefficient (Wildman–Crippen LogP) is 1.22. The number of phenolic OH excluding ortho intramolecular Hbond substituents is 1. The first-order chi connectivity index (χ1) is 6.22. The summed E-state index contributed by atoms with van der Waals surface area (Å²) in [6.07, 6.45) is 0.535. The Bertz CT molecular complexity index is 325. The van der Waals surface area contributed by atoms with Crippen LogP contribution in [0.1, 0.15) is 10.4 Å². The molecule has 0 aromatic heterocycles. The van der Waals surface area contributed by atoms with E-state index in [9.17, 15) is 9.90 Å². The Morgan fingerprint density at radius 2 is 1.93 bits per heavy atom. The van der Waals surface area contributed by atoms with E-state index in [2.05, 4.69) is 0 Å². The number of hydrogen-bond acceptors (Lipinski definition) is 4. The van der Waals surface area contributed by atoms with E-state index in [0.717, 1.165) is 0 Å². The topological polar surface area (TPSA) is 55.8 Å². The van der Waals surface area contributed by atoms with Crippen molar-refractivity contribution in [3.63, 3.8) is 0 Å². The summed E-state index contributed by atoms with van der Waals surface area (Å²) >= 11 is 0. The minimum Gasteiger partial charge on any atom is -0.507 e. The average molecular weight is 289 g/mol. The molecule has 0 heterocycles. The molecule has 1 aromatic carbocycles. The van der Waals surface area contributed by atoms with Crippen LogP contribution in [0.4, 0.5) is 0 Å². The summed E-state index contributed by atoms with van der Waals surface area (Å²) in [5, 5.41) is 9.34. The normalized spacial score (nSPS) is 8.71. The molecule has 14 heavy (non-hydrogen) atoms. The zero-order chi connectivity index (χ0) is 9.84. The van der Waals surface area contributed by atoms with Crippen LogP contribution < -0.4 is 9.47 Å². The van der Waals surface area contributed by atoms with E-state index in [0.29, 0.717) is 17.8 Å². The van der Waals surface area contributed by atoms with E-state index in [1.54, 1.807) is 0 Å². The monoisotopic (exact) mass is 288 g/mol. The molecule has 0 saturated carbocycles. The van der Waals surface area contributed by atoms with Crippen LogP contribution in [0.2, 0.25) is 0 Å². The number of methoxy groups -OCH3 is 2. The average Bonchev–Trinajstić information content (AvgIpc) is 2.16. The maximum absolute atomic E-state index is 10.5. The van der Waals surface area contributed by atoms with E-state index in [4.69, 9.17) is 9.47 Å². The largest absolute Gasteiger partial charge is 2.00 e. The number of phenols is 1. The molecule has 1 aromatic rings. The van der Waals surface area contributed by atoms with E-state index in [1.807, 2.05) is 0 Å². The van der Waals surface area contributed by atoms with Crippen molar-refractivity contribution in [2.75, 3.05) is 14.2 Å². The summed E-state index contributed by atoms with van der Waals surface area (Å²) in [7, 11) is 2.88. The second-order valence-corrected chi connectivity index (χ2v) is 2.38. The van der Waals surface area contributed by atoms with Crippen LogP contribution in [-0.4, -0.2) is 25.6 Å². The van der Waals surface area contributed by atoms with Crippen LogP contribution in [0, 0.1) is 0 Å². The summed E-state index contributed by atoms with van der Waals surface area (Å²) in [4.78, 5) is 10.5. The van der Waals surface area contributed by atoms with Crippen molar-refractivity contribution in [3.8, 4) is 17.2 Å². The van der Waals surface area contributed by atoms with Crippen molar-refractivity contribution in [2.24, 2.45) is 0 Å². The van der Waals surface area contributed by atoms with Crippen LogP contribution in [0.3, 0.4) is 0 Å². The van der Waals surface area contributed by atoms with Crippen LogP contribution in [0.15, 0.2) is 12.1 Å². The zero-order valence-electron chi connectivity index (χ0n) is 7.72. The molecule has 0 unspecified atom stereocenters. The Kier molecular flexibility index (Phi) is 5.21. The fourth-order valence-electron chi connectivity index (χ4n) is 0.993. The molecule has 0 fully saturated rings. The van der Waals surface area contributed by atoms with Gasteiger partial charge in [0.2, 0.25) is 0 Å².